The highest BCUT2D eigenvalue weighted by Gasteiger charge is 2.05. The number of hydrogen-bond donors (Lipinski definition) is 1. The van der Waals surface area contributed by atoms with E-state index in [1.165, 1.54) is 11.1 Å². The van der Waals surface area contributed by atoms with Gasteiger partial charge in [-0.15, -0.1) is 0 Å². The van der Waals surface area contributed by atoms with Crippen LogP contribution in [0, 0.1) is 6.92 Å². The Labute approximate surface area is 133 Å². The van der Waals surface area contributed by atoms with Crippen LogP contribution in [0.4, 0.5) is 5.69 Å². The maximum Gasteiger partial charge on any atom is 0.142 e. The summed E-state index contributed by atoms with van der Waals surface area (Å²) in [5.41, 5.74) is 3.59. The maximum atomic E-state index is 5.68. The molecule has 0 radical (unpaired) electrons. The number of benzene rings is 2. The van der Waals surface area contributed by atoms with E-state index >= 15 is 0 Å². The Morgan fingerprint density at radius 1 is 0.909 bits per heavy atom. The minimum atomic E-state index is 0.678. The van der Waals surface area contributed by atoms with E-state index in [9.17, 15) is 0 Å². The number of ether oxygens (including phenoxy) is 2. The van der Waals surface area contributed by atoms with Gasteiger partial charge in [0.2, 0.25) is 0 Å². The van der Waals surface area contributed by atoms with Gasteiger partial charge in [0.1, 0.15) is 11.5 Å². The number of hydrogen-bond acceptors (Lipinski definition) is 3. The fraction of sp³-hybridized carbons (Fsp3) is 0.368. The monoisotopic (exact) mass is 299 g/mol. The van der Waals surface area contributed by atoms with Crippen molar-refractivity contribution in [2.75, 3.05) is 25.1 Å². The predicted molar refractivity (Wildman–Crippen MR) is 92.2 cm³/mol. The minimum absolute atomic E-state index is 0.678. The third kappa shape index (κ3) is 4.42. The zero-order valence-electron chi connectivity index (χ0n) is 13.7. The van der Waals surface area contributed by atoms with Gasteiger partial charge in [-0.2, -0.15) is 0 Å². The van der Waals surface area contributed by atoms with Crippen molar-refractivity contribution in [2.45, 2.75) is 27.2 Å². The van der Waals surface area contributed by atoms with Crippen molar-refractivity contribution < 1.29 is 9.47 Å². The van der Waals surface area contributed by atoms with Crippen LogP contribution in [0.3, 0.4) is 0 Å². The van der Waals surface area contributed by atoms with Crippen molar-refractivity contribution in [1.29, 1.82) is 0 Å². The fourth-order valence-corrected chi connectivity index (χ4v) is 2.39. The van der Waals surface area contributed by atoms with Gasteiger partial charge in [0.25, 0.3) is 0 Å². The lowest BCUT2D eigenvalue weighted by molar-refractivity contribution is 0.340. The molecule has 1 N–H and O–H groups in total. The first-order valence-corrected chi connectivity index (χ1v) is 7.92. The standard InChI is InChI=1S/C19H25NO2/c1-4-21-17-11-9-16(10-12-17)13-14-20-19-15(3)7-6-8-18(19)22-5-2/h6-12,20H,4-5,13-14H2,1-3H3. The van der Waals surface area contributed by atoms with Gasteiger partial charge in [-0.25, -0.2) is 0 Å². The number of aryl methyl sites for hydroxylation is 1. The highest BCUT2D eigenvalue weighted by atomic mass is 16.5. The summed E-state index contributed by atoms with van der Waals surface area (Å²) in [6.45, 7) is 8.36. The molecule has 0 atom stereocenters. The summed E-state index contributed by atoms with van der Waals surface area (Å²) < 4.78 is 11.1. The van der Waals surface area contributed by atoms with Crippen LogP contribution in [0.2, 0.25) is 0 Å². The van der Waals surface area contributed by atoms with Crippen molar-refractivity contribution in [1.82, 2.24) is 0 Å². The molecule has 118 valence electrons. The second kappa shape index (κ2) is 8.32. The van der Waals surface area contributed by atoms with Crippen LogP contribution < -0.4 is 14.8 Å². The smallest absolute Gasteiger partial charge is 0.142 e. The van der Waals surface area contributed by atoms with Gasteiger partial charge in [-0.1, -0.05) is 24.3 Å². The zero-order valence-corrected chi connectivity index (χ0v) is 13.7. The zero-order chi connectivity index (χ0) is 15.8. The van der Waals surface area contributed by atoms with Crippen LogP contribution in [0.25, 0.3) is 0 Å². The molecule has 0 saturated heterocycles. The van der Waals surface area contributed by atoms with Crippen LogP contribution in [-0.4, -0.2) is 19.8 Å². The second-order valence-corrected chi connectivity index (χ2v) is 5.13. The minimum Gasteiger partial charge on any atom is -0.494 e. The van der Waals surface area contributed by atoms with Crippen LogP contribution >= 0.6 is 0 Å². The first-order valence-electron chi connectivity index (χ1n) is 7.92. The van der Waals surface area contributed by atoms with E-state index in [-0.39, 0.29) is 0 Å². The molecule has 0 aromatic heterocycles. The normalized spacial score (nSPS) is 10.3. The van der Waals surface area contributed by atoms with Crippen LogP contribution in [0.15, 0.2) is 42.5 Å². The van der Waals surface area contributed by atoms with E-state index in [0.717, 1.165) is 30.2 Å². The van der Waals surface area contributed by atoms with Crippen molar-refractivity contribution in [3.63, 3.8) is 0 Å². The van der Waals surface area contributed by atoms with Crippen molar-refractivity contribution >= 4 is 5.69 Å². The average molecular weight is 299 g/mol. The Morgan fingerprint density at radius 2 is 1.64 bits per heavy atom. The number of para-hydroxylation sites is 1. The molecule has 0 fully saturated rings. The second-order valence-electron chi connectivity index (χ2n) is 5.13. The topological polar surface area (TPSA) is 30.5 Å². The molecule has 0 bridgehead atoms. The van der Waals surface area contributed by atoms with Gasteiger partial charge in [-0.05, 0) is 56.5 Å². The van der Waals surface area contributed by atoms with Gasteiger partial charge in [0.15, 0.2) is 0 Å². The average Bonchev–Trinajstić information content (AvgIpc) is 2.52. The molecule has 0 aliphatic carbocycles. The Morgan fingerprint density at radius 3 is 2.32 bits per heavy atom. The van der Waals surface area contributed by atoms with Gasteiger partial charge < -0.3 is 14.8 Å². The summed E-state index contributed by atoms with van der Waals surface area (Å²) in [5.74, 6) is 1.85. The van der Waals surface area contributed by atoms with Crippen molar-refractivity contribution in [3.8, 4) is 11.5 Å². The van der Waals surface area contributed by atoms with Crippen molar-refractivity contribution in [3.05, 3.63) is 53.6 Å². The molecule has 0 amide bonds. The highest BCUT2D eigenvalue weighted by molar-refractivity contribution is 5.61. The number of nitrogens with one attached hydrogen (secondary N) is 1. The SMILES string of the molecule is CCOc1ccc(CCNc2c(C)cccc2OCC)cc1. The van der Waals surface area contributed by atoms with Crippen molar-refractivity contribution in [2.24, 2.45) is 0 Å². The van der Waals surface area contributed by atoms with Crippen LogP contribution in [-0.2, 0) is 6.42 Å². The molecule has 0 saturated carbocycles. The quantitative estimate of drug-likeness (QED) is 0.781. The van der Waals surface area contributed by atoms with E-state index in [1.807, 2.05) is 38.1 Å². The molecular weight excluding hydrogens is 274 g/mol. The summed E-state index contributed by atoms with van der Waals surface area (Å²) >= 11 is 0. The van der Waals surface area contributed by atoms with E-state index in [0.29, 0.717) is 13.2 Å². The molecule has 2 aromatic rings. The Hall–Kier alpha value is -2.16. The molecule has 0 unspecified atom stereocenters. The first kappa shape index (κ1) is 16.2. The number of anilines is 1. The maximum absolute atomic E-state index is 5.68. The molecule has 0 heterocycles. The molecule has 3 nitrogen and oxygen atoms in total. The fourth-order valence-electron chi connectivity index (χ4n) is 2.39. The molecular formula is C19H25NO2. The summed E-state index contributed by atoms with van der Waals surface area (Å²) in [6.07, 6.45) is 0.965. The lowest BCUT2D eigenvalue weighted by Gasteiger charge is -2.15. The van der Waals surface area contributed by atoms with Gasteiger partial charge in [0, 0.05) is 6.54 Å². The summed E-state index contributed by atoms with van der Waals surface area (Å²) in [5, 5.41) is 3.50. The molecule has 22 heavy (non-hydrogen) atoms. The summed E-state index contributed by atoms with van der Waals surface area (Å²) in [7, 11) is 0. The summed E-state index contributed by atoms with van der Waals surface area (Å²) in [6, 6.07) is 14.4. The van der Waals surface area contributed by atoms with E-state index < -0.39 is 0 Å². The van der Waals surface area contributed by atoms with Gasteiger partial charge >= 0.3 is 0 Å². The van der Waals surface area contributed by atoms with E-state index in [2.05, 4.69) is 30.4 Å². The molecule has 2 aromatic carbocycles. The first-order chi connectivity index (χ1) is 10.7. The van der Waals surface area contributed by atoms with Gasteiger partial charge in [-0.3, -0.25) is 0 Å². The molecule has 0 aliphatic rings. The molecule has 0 aliphatic heterocycles. The Balaban J connectivity index is 1.93. The molecule has 3 heteroatoms. The van der Waals surface area contributed by atoms with E-state index in [1.54, 1.807) is 0 Å². The third-order valence-corrected chi connectivity index (χ3v) is 3.48. The lowest BCUT2D eigenvalue weighted by Crippen LogP contribution is -2.08. The predicted octanol–water partition coefficient (Wildman–Crippen LogP) is 4.45. The Kier molecular flexibility index (Phi) is 6.13. The Bertz CT molecular complexity index is 578. The van der Waals surface area contributed by atoms with Crippen LogP contribution in [0.1, 0.15) is 25.0 Å². The largest absolute Gasteiger partial charge is 0.494 e. The lowest BCUT2D eigenvalue weighted by atomic mass is 10.1. The number of rotatable bonds is 8. The third-order valence-electron chi connectivity index (χ3n) is 3.48. The highest BCUT2D eigenvalue weighted by Crippen LogP contribution is 2.28. The van der Waals surface area contributed by atoms with E-state index in [4.69, 9.17) is 9.47 Å². The summed E-state index contributed by atoms with van der Waals surface area (Å²) in [4.78, 5) is 0. The van der Waals surface area contributed by atoms with Crippen LogP contribution in [0.5, 0.6) is 11.5 Å². The van der Waals surface area contributed by atoms with Gasteiger partial charge in [0.05, 0.1) is 18.9 Å². The molecule has 0 spiro atoms. The molecule has 2 rings (SSSR count).